The SMILES string of the molecule is CNc1nnc(-c2cnc(N3CCCC3)s2)s1. The second-order valence-corrected chi connectivity index (χ2v) is 5.85. The minimum absolute atomic E-state index is 0.844. The smallest absolute Gasteiger partial charge is 0.205 e. The number of aromatic nitrogens is 3. The van der Waals surface area contributed by atoms with Crippen LogP contribution in [-0.2, 0) is 0 Å². The topological polar surface area (TPSA) is 53.9 Å². The first-order valence-corrected chi connectivity index (χ1v) is 7.22. The van der Waals surface area contributed by atoms with E-state index in [0.29, 0.717) is 0 Å². The highest BCUT2D eigenvalue weighted by molar-refractivity contribution is 7.25. The van der Waals surface area contributed by atoms with E-state index in [1.165, 1.54) is 12.8 Å². The van der Waals surface area contributed by atoms with Crippen LogP contribution in [0.5, 0.6) is 0 Å². The highest BCUT2D eigenvalue weighted by atomic mass is 32.1. The number of nitrogens with one attached hydrogen (secondary N) is 1. The molecular weight excluding hydrogens is 254 g/mol. The van der Waals surface area contributed by atoms with E-state index >= 15 is 0 Å². The van der Waals surface area contributed by atoms with Crippen LogP contribution in [-0.4, -0.2) is 35.3 Å². The molecule has 1 aliphatic heterocycles. The zero-order valence-corrected chi connectivity index (χ0v) is 11.1. The highest BCUT2D eigenvalue weighted by Gasteiger charge is 2.17. The van der Waals surface area contributed by atoms with E-state index < -0.39 is 0 Å². The molecule has 0 bridgehead atoms. The first-order valence-electron chi connectivity index (χ1n) is 5.59. The van der Waals surface area contributed by atoms with E-state index in [-0.39, 0.29) is 0 Å². The average molecular weight is 267 g/mol. The van der Waals surface area contributed by atoms with Gasteiger partial charge in [0.2, 0.25) is 5.13 Å². The lowest BCUT2D eigenvalue weighted by atomic mass is 10.4. The van der Waals surface area contributed by atoms with Gasteiger partial charge in [-0.3, -0.25) is 0 Å². The molecule has 2 aromatic rings. The maximum Gasteiger partial charge on any atom is 0.205 e. The number of nitrogens with zero attached hydrogens (tertiary/aromatic N) is 4. The van der Waals surface area contributed by atoms with Crippen LogP contribution in [0, 0.1) is 0 Å². The minimum atomic E-state index is 0.844. The van der Waals surface area contributed by atoms with E-state index in [1.54, 1.807) is 22.7 Å². The summed E-state index contributed by atoms with van der Waals surface area (Å²) in [6.45, 7) is 2.26. The molecule has 7 heteroatoms. The molecule has 0 saturated carbocycles. The summed E-state index contributed by atoms with van der Waals surface area (Å²) in [7, 11) is 1.85. The van der Waals surface area contributed by atoms with Crippen molar-refractivity contribution in [1.82, 2.24) is 15.2 Å². The molecule has 3 rings (SSSR count). The van der Waals surface area contributed by atoms with Gasteiger partial charge in [0.05, 0.1) is 11.1 Å². The Hall–Kier alpha value is -1.21. The molecule has 3 heterocycles. The Kier molecular flexibility index (Phi) is 2.94. The molecular formula is C10H13N5S2. The molecule has 0 atom stereocenters. The van der Waals surface area contributed by atoms with Gasteiger partial charge in [0, 0.05) is 20.1 Å². The number of hydrogen-bond acceptors (Lipinski definition) is 7. The lowest BCUT2D eigenvalue weighted by Gasteiger charge is -2.11. The number of rotatable bonds is 3. The van der Waals surface area contributed by atoms with Crippen molar-refractivity contribution in [3.05, 3.63) is 6.20 Å². The lowest BCUT2D eigenvalue weighted by Crippen LogP contribution is -2.16. The predicted octanol–water partition coefficient (Wildman–Crippen LogP) is 2.30. The molecule has 0 aliphatic carbocycles. The number of thiazole rings is 1. The van der Waals surface area contributed by atoms with Gasteiger partial charge in [0.15, 0.2) is 10.1 Å². The Morgan fingerprint density at radius 3 is 2.76 bits per heavy atom. The van der Waals surface area contributed by atoms with Crippen molar-refractivity contribution in [2.45, 2.75) is 12.8 Å². The first-order chi connectivity index (χ1) is 8.36. The quantitative estimate of drug-likeness (QED) is 0.925. The first kappa shape index (κ1) is 10.9. The fourth-order valence-corrected chi connectivity index (χ4v) is 3.54. The van der Waals surface area contributed by atoms with E-state index in [9.17, 15) is 0 Å². The summed E-state index contributed by atoms with van der Waals surface area (Å²) >= 11 is 3.26. The maximum atomic E-state index is 4.47. The van der Waals surface area contributed by atoms with Crippen molar-refractivity contribution in [1.29, 1.82) is 0 Å². The van der Waals surface area contributed by atoms with Crippen LogP contribution in [0.15, 0.2) is 6.20 Å². The lowest BCUT2D eigenvalue weighted by molar-refractivity contribution is 0.949. The average Bonchev–Trinajstić information content (AvgIpc) is 3.09. The molecule has 17 heavy (non-hydrogen) atoms. The third-order valence-electron chi connectivity index (χ3n) is 2.72. The van der Waals surface area contributed by atoms with Gasteiger partial charge in [-0.2, -0.15) is 0 Å². The third kappa shape index (κ3) is 2.12. The normalized spacial score (nSPS) is 15.5. The number of anilines is 2. The molecule has 0 spiro atoms. The third-order valence-corrected chi connectivity index (χ3v) is 4.89. The Labute approximate surface area is 108 Å². The largest absolute Gasteiger partial charge is 0.363 e. The summed E-state index contributed by atoms with van der Waals surface area (Å²) in [6, 6.07) is 0. The molecule has 1 aliphatic rings. The summed E-state index contributed by atoms with van der Waals surface area (Å²) in [5, 5.41) is 14.1. The summed E-state index contributed by atoms with van der Waals surface area (Å²) in [6.07, 6.45) is 4.45. The Bertz CT molecular complexity index is 500. The van der Waals surface area contributed by atoms with Gasteiger partial charge < -0.3 is 10.2 Å². The molecule has 0 amide bonds. The van der Waals surface area contributed by atoms with Crippen molar-refractivity contribution in [2.24, 2.45) is 0 Å². The van der Waals surface area contributed by atoms with E-state index in [4.69, 9.17) is 0 Å². The summed E-state index contributed by atoms with van der Waals surface area (Å²) in [5.41, 5.74) is 0. The Morgan fingerprint density at radius 1 is 1.24 bits per heavy atom. The van der Waals surface area contributed by atoms with Gasteiger partial charge in [-0.25, -0.2) is 4.98 Å². The predicted molar refractivity (Wildman–Crippen MR) is 72.0 cm³/mol. The molecule has 1 N–H and O–H groups in total. The van der Waals surface area contributed by atoms with Crippen molar-refractivity contribution < 1.29 is 0 Å². The zero-order valence-electron chi connectivity index (χ0n) is 9.51. The van der Waals surface area contributed by atoms with Gasteiger partial charge in [-0.15, -0.1) is 10.2 Å². The van der Waals surface area contributed by atoms with Crippen molar-refractivity contribution in [3.8, 4) is 9.88 Å². The van der Waals surface area contributed by atoms with Crippen LogP contribution in [0.1, 0.15) is 12.8 Å². The Morgan fingerprint density at radius 2 is 2.06 bits per heavy atom. The molecule has 1 fully saturated rings. The molecule has 5 nitrogen and oxygen atoms in total. The van der Waals surface area contributed by atoms with Crippen LogP contribution >= 0.6 is 22.7 Å². The van der Waals surface area contributed by atoms with Gasteiger partial charge in [-0.1, -0.05) is 22.7 Å². The van der Waals surface area contributed by atoms with E-state index in [0.717, 1.165) is 33.2 Å². The van der Waals surface area contributed by atoms with Gasteiger partial charge in [0.1, 0.15) is 0 Å². The van der Waals surface area contributed by atoms with Crippen molar-refractivity contribution in [2.75, 3.05) is 30.4 Å². The minimum Gasteiger partial charge on any atom is -0.363 e. The second-order valence-electron chi connectivity index (χ2n) is 3.86. The standard InChI is InChI=1S/C10H13N5S2/c1-11-9-14-13-8(17-9)7-6-12-10(16-7)15-4-2-3-5-15/h6H,2-5H2,1H3,(H,11,14). The van der Waals surface area contributed by atoms with Gasteiger partial charge in [-0.05, 0) is 12.8 Å². The molecule has 0 aromatic carbocycles. The van der Waals surface area contributed by atoms with Crippen LogP contribution in [0.4, 0.5) is 10.3 Å². The fourth-order valence-electron chi connectivity index (χ4n) is 1.84. The van der Waals surface area contributed by atoms with Crippen LogP contribution in [0.25, 0.3) is 9.88 Å². The highest BCUT2D eigenvalue weighted by Crippen LogP contribution is 2.34. The van der Waals surface area contributed by atoms with Crippen molar-refractivity contribution in [3.63, 3.8) is 0 Å². The summed E-state index contributed by atoms with van der Waals surface area (Å²) in [5.74, 6) is 0. The molecule has 1 saturated heterocycles. The zero-order chi connectivity index (χ0) is 11.7. The Balaban J connectivity index is 1.83. The van der Waals surface area contributed by atoms with E-state index in [2.05, 4.69) is 25.4 Å². The van der Waals surface area contributed by atoms with Gasteiger partial charge >= 0.3 is 0 Å². The fraction of sp³-hybridized carbons (Fsp3) is 0.500. The molecule has 90 valence electrons. The second kappa shape index (κ2) is 4.58. The van der Waals surface area contributed by atoms with Crippen LogP contribution in [0.3, 0.4) is 0 Å². The van der Waals surface area contributed by atoms with Crippen LogP contribution in [0.2, 0.25) is 0 Å². The van der Waals surface area contributed by atoms with Gasteiger partial charge in [0.25, 0.3) is 0 Å². The monoisotopic (exact) mass is 267 g/mol. The maximum absolute atomic E-state index is 4.47. The summed E-state index contributed by atoms with van der Waals surface area (Å²) < 4.78 is 0. The summed E-state index contributed by atoms with van der Waals surface area (Å²) in [4.78, 5) is 7.92. The van der Waals surface area contributed by atoms with Crippen molar-refractivity contribution >= 4 is 32.9 Å². The molecule has 0 unspecified atom stereocenters. The van der Waals surface area contributed by atoms with E-state index in [1.807, 2.05) is 13.2 Å². The molecule has 2 aromatic heterocycles. The van der Waals surface area contributed by atoms with Crippen LogP contribution < -0.4 is 10.2 Å². The molecule has 0 radical (unpaired) electrons. The number of hydrogen-bond donors (Lipinski definition) is 1.